The first kappa shape index (κ1) is 14.1. The van der Waals surface area contributed by atoms with E-state index in [1.54, 1.807) is 23.5 Å². The van der Waals surface area contributed by atoms with Crippen LogP contribution in [0.25, 0.3) is 10.6 Å². The number of hydrogen-bond acceptors (Lipinski definition) is 3. The first-order valence-corrected chi connectivity index (χ1v) is 6.87. The summed E-state index contributed by atoms with van der Waals surface area (Å²) in [5, 5.41) is 4.05. The summed E-state index contributed by atoms with van der Waals surface area (Å²) in [4.78, 5) is 5.69. The van der Waals surface area contributed by atoms with Crippen molar-refractivity contribution in [3.8, 4) is 10.6 Å². The summed E-state index contributed by atoms with van der Waals surface area (Å²) in [5.74, 6) is 0. The van der Waals surface area contributed by atoms with Crippen LogP contribution in [0.1, 0.15) is 35.5 Å². The molecule has 0 aliphatic heterocycles. The predicted molar refractivity (Wildman–Crippen MR) is 74.7 cm³/mol. The quantitative estimate of drug-likeness (QED) is 0.902. The van der Waals surface area contributed by atoms with E-state index in [4.69, 9.17) is 0 Å². The number of halogens is 2. The van der Waals surface area contributed by atoms with Crippen LogP contribution in [0.2, 0.25) is 0 Å². The van der Waals surface area contributed by atoms with Gasteiger partial charge in [0.15, 0.2) is 0 Å². The number of alkyl halides is 2. The smallest absolute Gasteiger partial charge is 0.263 e. The van der Waals surface area contributed by atoms with Gasteiger partial charge in [-0.3, -0.25) is 0 Å². The van der Waals surface area contributed by atoms with E-state index >= 15 is 0 Å². The minimum Gasteiger partial charge on any atom is -0.312 e. The Morgan fingerprint density at radius 3 is 2.37 bits per heavy atom. The van der Waals surface area contributed by atoms with Gasteiger partial charge in [0, 0.05) is 22.0 Å². The zero-order valence-corrected chi connectivity index (χ0v) is 11.9. The Labute approximate surface area is 115 Å². The Balaban J connectivity index is 2.32. The molecule has 0 radical (unpaired) electrons. The SMILES string of the molecule is CNC(C)c1sc(-c2ccc(C(F)F)cc2)nc1C. The summed E-state index contributed by atoms with van der Waals surface area (Å²) < 4.78 is 25.0. The molecule has 1 atom stereocenters. The molecule has 2 rings (SSSR count). The number of aryl methyl sites for hydroxylation is 1. The maximum atomic E-state index is 12.5. The number of rotatable bonds is 4. The van der Waals surface area contributed by atoms with Crippen molar-refractivity contribution < 1.29 is 8.78 Å². The zero-order valence-electron chi connectivity index (χ0n) is 11.1. The largest absolute Gasteiger partial charge is 0.312 e. The summed E-state index contributed by atoms with van der Waals surface area (Å²) in [6.07, 6.45) is -2.42. The molecule has 2 aromatic rings. The zero-order chi connectivity index (χ0) is 14.0. The molecule has 0 spiro atoms. The van der Waals surface area contributed by atoms with E-state index in [-0.39, 0.29) is 11.6 Å². The van der Waals surface area contributed by atoms with Gasteiger partial charge < -0.3 is 5.32 Å². The van der Waals surface area contributed by atoms with Crippen molar-refractivity contribution in [3.63, 3.8) is 0 Å². The molecule has 0 aliphatic carbocycles. The van der Waals surface area contributed by atoms with Gasteiger partial charge in [-0.1, -0.05) is 24.3 Å². The first-order chi connectivity index (χ1) is 9.02. The molecule has 102 valence electrons. The summed E-state index contributed by atoms with van der Waals surface area (Å²) >= 11 is 1.60. The van der Waals surface area contributed by atoms with Crippen molar-refractivity contribution in [2.45, 2.75) is 26.3 Å². The number of nitrogens with one attached hydrogen (secondary N) is 1. The molecule has 0 bridgehead atoms. The van der Waals surface area contributed by atoms with Gasteiger partial charge in [-0.05, 0) is 20.9 Å². The van der Waals surface area contributed by atoms with Crippen LogP contribution >= 0.6 is 11.3 Å². The highest BCUT2D eigenvalue weighted by atomic mass is 32.1. The molecular weight excluding hydrogens is 266 g/mol. The Bertz CT molecular complexity index is 549. The molecule has 1 N–H and O–H groups in total. The molecule has 19 heavy (non-hydrogen) atoms. The second kappa shape index (κ2) is 5.75. The van der Waals surface area contributed by atoms with Gasteiger partial charge in [-0.25, -0.2) is 13.8 Å². The molecule has 0 fully saturated rings. The Morgan fingerprint density at radius 1 is 1.21 bits per heavy atom. The summed E-state index contributed by atoms with van der Waals surface area (Å²) in [5.41, 5.74) is 1.91. The fraction of sp³-hybridized carbons (Fsp3) is 0.357. The molecule has 0 amide bonds. The predicted octanol–water partition coefficient (Wildman–Crippen LogP) is 4.34. The van der Waals surface area contributed by atoms with E-state index in [0.717, 1.165) is 16.3 Å². The molecule has 1 heterocycles. The number of thiazole rings is 1. The average Bonchev–Trinajstić information content (AvgIpc) is 2.80. The van der Waals surface area contributed by atoms with Crippen molar-refractivity contribution in [3.05, 3.63) is 40.4 Å². The summed E-state index contributed by atoms with van der Waals surface area (Å²) in [6.45, 7) is 4.04. The van der Waals surface area contributed by atoms with Gasteiger partial charge in [0.1, 0.15) is 5.01 Å². The van der Waals surface area contributed by atoms with E-state index < -0.39 is 6.43 Å². The molecule has 0 saturated carbocycles. The van der Waals surface area contributed by atoms with E-state index in [1.807, 2.05) is 14.0 Å². The lowest BCUT2D eigenvalue weighted by Gasteiger charge is -2.07. The highest BCUT2D eigenvalue weighted by Crippen LogP contribution is 2.32. The first-order valence-electron chi connectivity index (χ1n) is 6.06. The van der Waals surface area contributed by atoms with Crippen molar-refractivity contribution in [1.82, 2.24) is 10.3 Å². The number of benzene rings is 1. The third kappa shape index (κ3) is 2.98. The van der Waals surface area contributed by atoms with Crippen LogP contribution in [0.5, 0.6) is 0 Å². The van der Waals surface area contributed by atoms with Crippen molar-refractivity contribution in [2.75, 3.05) is 7.05 Å². The molecule has 1 unspecified atom stereocenters. The van der Waals surface area contributed by atoms with Gasteiger partial charge in [-0.15, -0.1) is 11.3 Å². The van der Waals surface area contributed by atoms with Crippen LogP contribution < -0.4 is 5.32 Å². The maximum Gasteiger partial charge on any atom is 0.263 e. The molecular formula is C14H16F2N2S. The maximum absolute atomic E-state index is 12.5. The molecule has 0 saturated heterocycles. The highest BCUT2D eigenvalue weighted by Gasteiger charge is 2.14. The average molecular weight is 282 g/mol. The van der Waals surface area contributed by atoms with E-state index in [0.29, 0.717) is 0 Å². The minimum atomic E-state index is -2.42. The highest BCUT2D eigenvalue weighted by molar-refractivity contribution is 7.15. The van der Waals surface area contributed by atoms with Crippen LogP contribution in [-0.4, -0.2) is 12.0 Å². The standard InChI is InChI=1S/C14H16F2N2S/c1-8(17-3)12-9(2)18-14(19-12)11-6-4-10(5-7-11)13(15)16/h4-8,13,17H,1-3H3. The van der Waals surface area contributed by atoms with Crippen molar-refractivity contribution in [1.29, 1.82) is 0 Å². The van der Waals surface area contributed by atoms with Crippen LogP contribution in [0, 0.1) is 6.92 Å². The van der Waals surface area contributed by atoms with Crippen LogP contribution in [0.4, 0.5) is 8.78 Å². The molecule has 1 aromatic heterocycles. The minimum absolute atomic E-state index is 0.0424. The molecule has 2 nitrogen and oxygen atoms in total. The normalized spacial score (nSPS) is 12.9. The summed E-state index contributed by atoms with van der Waals surface area (Å²) in [6, 6.07) is 6.56. The number of aromatic nitrogens is 1. The molecule has 0 aliphatic rings. The fourth-order valence-electron chi connectivity index (χ4n) is 1.84. The second-order valence-corrected chi connectivity index (χ2v) is 5.43. The van der Waals surface area contributed by atoms with Crippen LogP contribution in [0.3, 0.4) is 0 Å². The lowest BCUT2D eigenvalue weighted by molar-refractivity contribution is 0.151. The Hall–Kier alpha value is -1.33. The molecule has 1 aromatic carbocycles. The van der Waals surface area contributed by atoms with Gasteiger partial charge >= 0.3 is 0 Å². The topological polar surface area (TPSA) is 24.9 Å². The number of nitrogens with zero attached hydrogens (tertiary/aromatic N) is 1. The van der Waals surface area contributed by atoms with Gasteiger partial charge in [0.2, 0.25) is 0 Å². The monoisotopic (exact) mass is 282 g/mol. The van der Waals surface area contributed by atoms with Gasteiger partial charge in [0.25, 0.3) is 6.43 Å². The fourth-order valence-corrected chi connectivity index (χ4v) is 2.97. The van der Waals surface area contributed by atoms with Crippen molar-refractivity contribution >= 4 is 11.3 Å². The number of hydrogen-bond donors (Lipinski definition) is 1. The van der Waals surface area contributed by atoms with E-state index in [2.05, 4.69) is 17.2 Å². The third-order valence-corrected chi connectivity index (χ3v) is 4.46. The van der Waals surface area contributed by atoms with Crippen LogP contribution in [-0.2, 0) is 0 Å². The van der Waals surface area contributed by atoms with E-state index in [1.165, 1.54) is 17.0 Å². The van der Waals surface area contributed by atoms with Gasteiger partial charge in [0.05, 0.1) is 5.69 Å². The van der Waals surface area contributed by atoms with Crippen molar-refractivity contribution in [2.24, 2.45) is 0 Å². The molecule has 5 heteroatoms. The Morgan fingerprint density at radius 2 is 1.84 bits per heavy atom. The second-order valence-electron chi connectivity index (χ2n) is 4.40. The lowest BCUT2D eigenvalue weighted by atomic mass is 10.1. The lowest BCUT2D eigenvalue weighted by Crippen LogP contribution is -2.11. The Kier molecular flexibility index (Phi) is 4.27. The van der Waals surface area contributed by atoms with Gasteiger partial charge in [-0.2, -0.15) is 0 Å². The van der Waals surface area contributed by atoms with Crippen LogP contribution in [0.15, 0.2) is 24.3 Å². The third-order valence-electron chi connectivity index (χ3n) is 3.07. The summed E-state index contributed by atoms with van der Waals surface area (Å²) in [7, 11) is 1.90. The van der Waals surface area contributed by atoms with E-state index in [9.17, 15) is 8.78 Å².